The van der Waals surface area contributed by atoms with Crippen molar-refractivity contribution in [2.75, 3.05) is 4.90 Å². The summed E-state index contributed by atoms with van der Waals surface area (Å²) >= 11 is 0. The largest absolute Gasteiger partial charge is 0.311 e. The molecule has 4 heteroatoms. The first-order valence-corrected chi connectivity index (χ1v) is 9.54. The normalized spacial score (nSPS) is 10.7. The van der Waals surface area contributed by atoms with Crippen molar-refractivity contribution in [3.63, 3.8) is 0 Å². The van der Waals surface area contributed by atoms with E-state index in [9.17, 15) is 0 Å². The van der Waals surface area contributed by atoms with Crippen LogP contribution in [0.3, 0.4) is 0 Å². The molecule has 0 aromatic heterocycles. The molecule has 3 aromatic carbocycles. The molecule has 0 aliphatic carbocycles. The van der Waals surface area contributed by atoms with Gasteiger partial charge in [0.2, 0.25) is 0 Å². The third-order valence-electron chi connectivity index (χ3n) is 4.50. The summed E-state index contributed by atoms with van der Waals surface area (Å²) in [5.41, 5.74) is 5.73. The molecule has 0 spiro atoms. The van der Waals surface area contributed by atoms with Crippen LogP contribution in [0.15, 0.2) is 91.0 Å². The molecule has 0 unspecified atom stereocenters. The van der Waals surface area contributed by atoms with Crippen molar-refractivity contribution in [2.45, 2.75) is 0 Å². The van der Waals surface area contributed by atoms with Gasteiger partial charge in [0, 0.05) is 35.3 Å². The van der Waals surface area contributed by atoms with E-state index in [0.717, 1.165) is 33.8 Å². The van der Waals surface area contributed by atoms with Gasteiger partial charge in [-0.1, -0.05) is 36.4 Å². The molecule has 0 amide bonds. The summed E-state index contributed by atoms with van der Waals surface area (Å²) in [6.07, 6.45) is 9.65. The molecule has 0 fully saturated rings. The van der Waals surface area contributed by atoms with Crippen molar-refractivity contribution >= 4 is 35.3 Å². The highest BCUT2D eigenvalue weighted by Crippen LogP contribution is 2.35. The number of nitrogens with zero attached hydrogens (tertiary/aromatic N) is 4. The highest BCUT2D eigenvalue weighted by atomic mass is 15.1. The van der Waals surface area contributed by atoms with Crippen molar-refractivity contribution < 1.29 is 0 Å². The lowest BCUT2D eigenvalue weighted by Gasteiger charge is -2.26. The van der Waals surface area contributed by atoms with E-state index in [1.165, 1.54) is 18.2 Å². The van der Waals surface area contributed by atoms with Crippen molar-refractivity contribution in [1.29, 1.82) is 15.8 Å². The number of rotatable bonds is 6. The van der Waals surface area contributed by atoms with Crippen LogP contribution in [0, 0.1) is 34.0 Å². The van der Waals surface area contributed by atoms with Crippen LogP contribution in [0.4, 0.5) is 17.1 Å². The van der Waals surface area contributed by atoms with Crippen molar-refractivity contribution in [3.8, 4) is 18.2 Å². The summed E-state index contributed by atoms with van der Waals surface area (Å²) in [4.78, 5) is 2.12. The monoisotopic (exact) mass is 398 g/mol. The lowest BCUT2D eigenvalue weighted by atomic mass is 10.1. The number of anilines is 3. The van der Waals surface area contributed by atoms with Crippen LogP contribution in [0.25, 0.3) is 18.2 Å². The summed E-state index contributed by atoms with van der Waals surface area (Å²) < 4.78 is 0. The van der Waals surface area contributed by atoms with Crippen LogP contribution in [0.2, 0.25) is 0 Å². The number of nitriles is 3. The van der Waals surface area contributed by atoms with Gasteiger partial charge in [-0.05, 0) is 71.3 Å². The standard InChI is InChI=1S/C27H18N4/c28-19-1-4-22-7-13-25(14-8-22)31(26-15-9-23(10-16-26)5-2-20-29)27-17-11-24(12-18-27)6-3-21-30/h1-18H/b4-1+,5-2+,6-3+. The molecule has 0 aliphatic heterocycles. The molecule has 0 atom stereocenters. The smallest absolute Gasteiger partial charge is 0.0912 e. The second-order valence-corrected chi connectivity index (χ2v) is 6.50. The molecule has 31 heavy (non-hydrogen) atoms. The number of hydrogen-bond acceptors (Lipinski definition) is 4. The maximum atomic E-state index is 8.73. The van der Waals surface area contributed by atoms with Gasteiger partial charge in [-0.2, -0.15) is 15.8 Å². The average Bonchev–Trinajstić information content (AvgIpc) is 2.82. The van der Waals surface area contributed by atoms with E-state index in [2.05, 4.69) is 4.90 Å². The summed E-state index contributed by atoms with van der Waals surface area (Å²) in [5.74, 6) is 0. The zero-order valence-corrected chi connectivity index (χ0v) is 16.7. The fraction of sp³-hybridized carbons (Fsp3) is 0. The van der Waals surface area contributed by atoms with Crippen LogP contribution >= 0.6 is 0 Å². The van der Waals surface area contributed by atoms with Gasteiger partial charge in [-0.25, -0.2) is 0 Å². The predicted octanol–water partition coefficient (Wildman–Crippen LogP) is 6.77. The van der Waals surface area contributed by atoms with Crippen LogP contribution in [0.5, 0.6) is 0 Å². The highest BCUT2D eigenvalue weighted by molar-refractivity contribution is 5.78. The van der Waals surface area contributed by atoms with E-state index in [1.54, 1.807) is 18.2 Å². The van der Waals surface area contributed by atoms with Crippen molar-refractivity contribution in [1.82, 2.24) is 0 Å². The molecule has 146 valence electrons. The average molecular weight is 398 g/mol. The molecular formula is C27H18N4. The van der Waals surface area contributed by atoms with E-state index in [1.807, 2.05) is 91.0 Å². The Balaban J connectivity index is 2.02. The molecule has 0 heterocycles. The number of hydrogen-bond donors (Lipinski definition) is 0. The summed E-state index contributed by atoms with van der Waals surface area (Å²) in [6, 6.07) is 29.8. The quantitative estimate of drug-likeness (QED) is 0.430. The maximum Gasteiger partial charge on any atom is 0.0912 e. The van der Waals surface area contributed by atoms with Gasteiger partial charge in [0.05, 0.1) is 18.2 Å². The fourth-order valence-electron chi connectivity index (χ4n) is 3.05. The summed E-state index contributed by atoms with van der Waals surface area (Å²) in [6.45, 7) is 0. The number of benzene rings is 3. The van der Waals surface area contributed by atoms with E-state index < -0.39 is 0 Å². The first-order chi connectivity index (χ1) is 15.2. The van der Waals surface area contributed by atoms with Gasteiger partial charge in [-0.15, -0.1) is 0 Å². The molecule has 0 bridgehead atoms. The van der Waals surface area contributed by atoms with Gasteiger partial charge in [0.15, 0.2) is 0 Å². The molecule has 0 N–H and O–H groups in total. The minimum atomic E-state index is 0.944. The van der Waals surface area contributed by atoms with E-state index in [4.69, 9.17) is 15.8 Å². The van der Waals surface area contributed by atoms with Gasteiger partial charge >= 0.3 is 0 Å². The third-order valence-corrected chi connectivity index (χ3v) is 4.50. The van der Waals surface area contributed by atoms with Gasteiger partial charge < -0.3 is 4.90 Å². The second kappa shape index (κ2) is 10.6. The first kappa shape index (κ1) is 20.9. The van der Waals surface area contributed by atoms with E-state index in [-0.39, 0.29) is 0 Å². The fourth-order valence-corrected chi connectivity index (χ4v) is 3.05. The first-order valence-electron chi connectivity index (χ1n) is 9.54. The molecule has 0 radical (unpaired) electrons. The molecule has 0 saturated carbocycles. The number of allylic oxidation sites excluding steroid dienone is 3. The Morgan fingerprint density at radius 2 is 0.710 bits per heavy atom. The minimum Gasteiger partial charge on any atom is -0.311 e. The second-order valence-electron chi connectivity index (χ2n) is 6.50. The summed E-state index contributed by atoms with van der Waals surface area (Å²) in [5, 5.41) is 26.2. The molecule has 4 nitrogen and oxygen atoms in total. The summed E-state index contributed by atoms with van der Waals surface area (Å²) in [7, 11) is 0. The molecule has 0 saturated heterocycles. The van der Waals surface area contributed by atoms with Crippen molar-refractivity contribution in [3.05, 3.63) is 108 Å². The zero-order valence-electron chi connectivity index (χ0n) is 16.7. The van der Waals surface area contributed by atoms with Crippen LogP contribution < -0.4 is 4.90 Å². The molecule has 3 rings (SSSR count). The lowest BCUT2D eigenvalue weighted by molar-refractivity contribution is 1.28. The van der Waals surface area contributed by atoms with E-state index >= 15 is 0 Å². The Kier molecular flexibility index (Phi) is 7.16. The predicted molar refractivity (Wildman–Crippen MR) is 125 cm³/mol. The third kappa shape index (κ3) is 5.58. The van der Waals surface area contributed by atoms with Gasteiger partial charge in [0.25, 0.3) is 0 Å². The van der Waals surface area contributed by atoms with Gasteiger partial charge in [-0.3, -0.25) is 0 Å². The Morgan fingerprint density at radius 1 is 0.452 bits per heavy atom. The molecule has 0 aliphatic rings. The maximum absolute atomic E-state index is 8.73. The van der Waals surface area contributed by atoms with Gasteiger partial charge in [0.1, 0.15) is 0 Å². The SMILES string of the molecule is N#C/C=C/c1ccc(N(c2ccc(/C=C/C#N)cc2)c2ccc(/C=C/C#N)cc2)cc1. The van der Waals surface area contributed by atoms with Crippen LogP contribution in [-0.2, 0) is 0 Å². The molecule has 3 aromatic rings. The van der Waals surface area contributed by atoms with Crippen LogP contribution in [0.1, 0.15) is 16.7 Å². The van der Waals surface area contributed by atoms with Crippen molar-refractivity contribution in [2.24, 2.45) is 0 Å². The Morgan fingerprint density at radius 3 is 0.935 bits per heavy atom. The Bertz CT molecular complexity index is 1070. The topological polar surface area (TPSA) is 74.6 Å². The lowest BCUT2D eigenvalue weighted by Crippen LogP contribution is -2.09. The Hall–Kier alpha value is -4.85. The Labute approximate surface area is 182 Å². The highest BCUT2D eigenvalue weighted by Gasteiger charge is 2.12. The minimum absolute atomic E-state index is 0.944. The zero-order chi connectivity index (χ0) is 21.9. The van der Waals surface area contributed by atoms with E-state index in [0.29, 0.717) is 0 Å². The van der Waals surface area contributed by atoms with Crippen LogP contribution in [-0.4, -0.2) is 0 Å². The molecular weight excluding hydrogens is 380 g/mol.